The number of amides is 1. The molecule has 0 saturated heterocycles. The number of aliphatic imine (C=N–C) groups is 1. The second-order valence-electron chi connectivity index (χ2n) is 9.97. The second kappa shape index (κ2) is 12.4. The predicted octanol–water partition coefficient (Wildman–Crippen LogP) is 2.97. The summed E-state index contributed by atoms with van der Waals surface area (Å²) >= 11 is 0. The Kier molecular flexibility index (Phi) is 9.27. The Hall–Kier alpha value is -4.15. The third kappa shape index (κ3) is 7.44. The van der Waals surface area contributed by atoms with Crippen LogP contribution >= 0.6 is 0 Å². The number of nitrogens with one attached hydrogen (secondary N) is 1. The summed E-state index contributed by atoms with van der Waals surface area (Å²) in [6, 6.07) is 10.5. The fourth-order valence-corrected chi connectivity index (χ4v) is 3.85. The molecule has 1 aromatic heterocycles. The first-order valence-corrected chi connectivity index (χ1v) is 12.3. The van der Waals surface area contributed by atoms with Crippen LogP contribution in [0.3, 0.4) is 0 Å². The molecule has 0 spiro atoms. The van der Waals surface area contributed by atoms with E-state index in [1.165, 1.54) is 19.2 Å². The van der Waals surface area contributed by atoms with Gasteiger partial charge in [-0.25, -0.2) is 9.18 Å². The lowest BCUT2D eigenvalue weighted by atomic mass is 9.86. The fraction of sp³-hybridized carbons (Fsp3) is 0.407. The van der Waals surface area contributed by atoms with Crippen LogP contribution in [0, 0.1) is 11.2 Å². The fourth-order valence-electron chi connectivity index (χ4n) is 3.85. The maximum Gasteiger partial charge on any atom is 0.328 e. The summed E-state index contributed by atoms with van der Waals surface area (Å²) in [6.45, 7) is 6.78. The minimum absolute atomic E-state index is 0.0611. The van der Waals surface area contributed by atoms with Crippen molar-refractivity contribution in [3.63, 3.8) is 0 Å². The van der Waals surface area contributed by atoms with Gasteiger partial charge in [0.05, 0.1) is 25.8 Å². The van der Waals surface area contributed by atoms with Gasteiger partial charge in [-0.3, -0.25) is 14.5 Å². The molecular formula is C27H35FN6O4. The standard InChI is InChI=1S/C27H35FN6O4/c1-27(2,3)23(25(36)37-4)32-24(35)22-20-12-11-19(38-14-6-5-13-31-26(29)30)15-21(20)34(33-22)16-17-7-9-18(28)10-8-17/h7-12,15,23H,5-6,13-14,16H2,1-4H3,(H,32,35)(H4,29,30,31). The number of carbonyl (C=O) groups is 2. The molecular weight excluding hydrogens is 491 g/mol. The van der Waals surface area contributed by atoms with Crippen molar-refractivity contribution in [2.24, 2.45) is 21.9 Å². The van der Waals surface area contributed by atoms with Crippen molar-refractivity contribution >= 4 is 28.7 Å². The Balaban J connectivity index is 1.90. The topological polar surface area (TPSA) is 147 Å². The smallest absolute Gasteiger partial charge is 0.328 e. The highest BCUT2D eigenvalue weighted by Crippen LogP contribution is 2.27. The number of halogens is 1. The molecule has 0 aliphatic carbocycles. The molecule has 3 rings (SSSR count). The number of unbranched alkanes of at least 4 members (excludes halogenated alkanes) is 1. The summed E-state index contributed by atoms with van der Waals surface area (Å²) in [6.07, 6.45) is 1.52. The maximum absolute atomic E-state index is 13.4. The normalized spacial score (nSPS) is 12.1. The van der Waals surface area contributed by atoms with E-state index in [4.69, 9.17) is 20.9 Å². The Morgan fingerprint density at radius 2 is 1.84 bits per heavy atom. The molecule has 0 fully saturated rings. The number of benzene rings is 2. The second-order valence-corrected chi connectivity index (χ2v) is 9.97. The average Bonchev–Trinajstić information content (AvgIpc) is 3.22. The van der Waals surface area contributed by atoms with Gasteiger partial charge in [0.2, 0.25) is 0 Å². The number of aromatic nitrogens is 2. The van der Waals surface area contributed by atoms with Crippen LogP contribution < -0.4 is 21.5 Å². The highest BCUT2D eigenvalue weighted by molar-refractivity contribution is 6.06. The van der Waals surface area contributed by atoms with Crippen molar-refractivity contribution in [3.8, 4) is 5.75 Å². The van der Waals surface area contributed by atoms with E-state index in [2.05, 4.69) is 15.4 Å². The van der Waals surface area contributed by atoms with Gasteiger partial charge in [-0.05, 0) is 48.1 Å². The van der Waals surface area contributed by atoms with E-state index in [0.29, 0.717) is 36.3 Å². The molecule has 0 aliphatic heterocycles. The first-order chi connectivity index (χ1) is 18.0. The quantitative estimate of drug-likeness (QED) is 0.151. The van der Waals surface area contributed by atoms with Gasteiger partial charge in [0.25, 0.3) is 5.91 Å². The number of carbonyl (C=O) groups excluding carboxylic acids is 2. The van der Waals surface area contributed by atoms with Crippen molar-refractivity contribution in [1.82, 2.24) is 15.1 Å². The van der Waals surface area contributed by atoms with Gasteiger partial charge in [-0.1, -0.05) is 32.9 Å². The summed E-state index contributed by atoms with van der Waals surface area (Å²) in [4.78, 5) is 29.7. The van der Waals surface area contributed by atoms with E-state index in [9.17, 15) is 14.0 Å². The van der Waals surface area contributed by atoms with Crippen LogP contribution in [0.25, 0.3) is 10.9 Å². The molecule has 10 nitrogen and oxygen atoms in total. The number of ether oxygens (including phenoxy) is 2. The lowest BCUT2D eigenvalue weighted by Crippen LogP contribution is -2.49. The third-order valence-corrected chi connectivity index (χ3v) is 5.88. The van der Waals surface area contributed by atoms with Crippen LogP contribution in [0.5, 0.6) is 5.75 Å². The van der Waals surface area contributed by atoms with Crippen molar-refractivity contribution in [1.29, 1.82) is 0 Å². The van der Waals surface area contributed by atoms with Gasteiger partial charge in [0.1, 0.15) is 17.6 Å². The number of nitrogens with two attached hydrogens (primary N) is 2. The summed E-state index contributed by atoms with van der Waals surface area (Å²) in [7, 11) is 1.28. The molecule has 2 aromatic carbocycles. The van der Waals surface area contributed by atoms with Gasteiger partial charge in [-0.2, -0.15) is 5.10 Å². The van der Waals surface area contributed by atoms with E-state index in [0.717, 1.165) is 18.4 Å². The van der Waals surface area contributed by atoms with Crippen LogP contribution in [-0.4, -0.2) is 53.9 Å². The molecule has 11 heteroatoms. The van der Waals surface area contributed by atoms with Crippen molar-refractivity contribution < 1.29 is 23.5 Å². The zero-order valence-electron chi connectivity index (χ0n) is 22.2. The number of nitrogens with zero attached hydrogens (tertiary/aromatic N) is 3. The van der Waals surface area contributed by atoms with Crippen molar-refractivity contribution in [3.05, 3.63) is 59.5 Å². The summed E-state index contributed by atoms with van der Waals surface area (Å²) in [5.74, 6) is -0.728. The van der Waals surface area contributed by atoms with Gasteiger partial charge in [0.15, 0.2) is 11.7 Å². The lowest BCUT2D eigenvalue weighted by molar-refractivity contribution is -0.145. The van der Waals surface area contributed by atoms with E-state index in [-0.39, 0.29) is 17.5 Å². The Bertz CT molecular complexity index is 1290. The Morgan fingerprint density at radius 3 is 2.47 bits per heavy atom. The third-order valence-electron chi connectivity index (χ3n) is 5.88. The maximum atomic E-state index is 13.4. The van der Waals surface area contributed by atoms with Crippen molar-refractivity contribution in [2.75, 3.05) is 20.3 Å². The molecule has 1 heterocycles. The average molecular weight is 527 g/mol. The molecule has 0 bridgehead atoms. The van der Waals surface area contributed by atoms with Crippen LogP contribution in [0.4, 0.5) is 4.39 Å². The van der Waals surface area contributed by atoms with Crippen molar-refractivity contribution in [2.45, 2.75) is 46.2 Å². The minimum atomic E-state index is -0.876. The highest BCUT2D eigenvalue weighted by atomic mass is 19.1. The first kappa shape index (κ1) is 28.4. The number of hydrogen-bond acceptors (Lipinski definition) is 6. The number of esters is 1. The van der Waals surface area contributed by atoms with E-state index >= 15 is 0 Å². The zero-order chi connectivity index (χ0) is 27.9. The summed E-state index contributed by atoms with van der Waals surface area (Å²) in [5, 5.41) is 7.93. The Morgan fingerprint density at radius 1 is 1.13 bits per heavy atom. The molecule has 38 heavy (non-hydrogen) atoms. The largest absolute Gasteiger partial charge is 0.494 e. The van der Waals surface area contributed by atoms with Crippen LogP contribution in [0.1, 0.15) is 49.7 Å². The SMILES string of the molecule is COC(=O)C(NC(=O)c1nn(Cc2ccc(F)cc2)c2cc(OCCCCN=C(N)N)ccc12)C(C)(C)C. The molecule has 1 atom stereocenters. The zero-order valence-corrected chi connectivity index (χ0v) is 22.2. The molecule has 5 N–H and O–H groups in total. The van der Waals surface area contributed by atoms with E-state index in [1.54, 1.807) is 35.0 Å². The van der Waals surface area contributed by atoms with Gasteiger partial charge >= 0.3 is 5.97 Å². The first-order valence-electron chi connectivity index (χ1n) is 12.3. The number of guanidine groups is 1. The molecule has 1 amide bonds. The molecule has 0 radical (unpaired) electrons. The highest BCUT2D eigenvalue weighted by Gasteiger charge is 2.35. The van der Waals surface area contributed by atoms with Gasteiger partial charge in [0, 0.05) is 18.0 Å². The van der Waals surface area contributed by atoms with Crippen LogP contribution in [0.15, 0.2) is 47.5 Å². The predicted molar refractivity (Wildman–Crippen MR) is 143 cm³/mol. The molecule has 0 saturated carbocycles. The number of methoxy groups -OCH3 is 1. The van der Waals surface area contributed by atoms with Gasteiger partial charge in [-0.15, -0.1) is 0 Å². The Labute approximate surface area is 221 Å². The number of hydrogen-bond donors (Lipinski definition) is 3. The molecule has 0 aliphatic rings. The summed E-state index contributed by atoms with van der Waals surface area (Å²) < 4.78 is 25.9. The van der Waals surface area contributed by atoms with E-state index in [1.807, 2.05) is 20.8 Å². The van der Waals surface area contributed by atoms with E-state index < -0.39 is 23.3 Å². The van der Waals surface area contributed by atoms with Crippen LogP contribution in [0.2, 0.25) is 0 Å². The molecule has 1 unspecified atom stereocenters. The number of rotatable bonds is 11. The monoisotopic (exact) mass is 526 g/mol. The lowest BCUT2D eigenvalue weighted by Gasteiger charge is -2.28. The molecule has 204 valence electrons. The van der Waals surface area contributed by atoms with Gasteiger partial charge < -0.3 is 26.3 Å². The van der Waals surface area contributed by atoms with Crippen LogP contribution in [-0.2, 0) is 16.1 Å². The molecule has 3 aromatic rings. The summed E-state index contributed by atoms with van der Waals surface area (Å²) in [5.41, 5.74) is 11.7. The number of fused-ring (bicyclic) bond motifs is 1. The minimum Gasteiger partial charge on any atom is -0.494 e.